The van der Waals surface area contributed by atoms with Crippen molar-refractivity contribution in [3.8, 4) is 0 Å². The third kappa shape index (κ3) is 4.11. The lowest BCUT2D eigenvalue weighted by Gasteiger charge is -2.27. The maximum absolute atomic E-state index is 12.6. The maximum Gasteiger partial charge on any atom is 0.307 e. The first-order valence-corrected chi connectivity index (χ1v) is 8.72. The normalized spacial score (nSPS) is 22.7. The molecule has 0 bridgehead atoms. The Bertz CT molecular complexity index is 724. The molecule has 1 aromatic carbocycles. The first kappa shape index (κ1) is 18.1. The summed E-state index contributed by atoms with van der Waals surface area (Å²) in [5, 5.41) is 12.1. The number of ether oxygens (including phenoxy) is 1. The third-order valence-corrected chi connectivity index (χ3v) is 4.76. The second-order valence-corrected chi connectivity index (χ2v) is 6.47. The van der Waals surface area contributed by atoms with Gasteiger partial charge in [-0.2, -0.15) is 0 Å². The Morgan fingerprint density at radius 2 is 1.77 bits per heavy atom. The van der Waals surface area contributed by atoms with Gasteiger partial charge in [0.15, 0.2) is 0 Å². The van der Waals surface area contributed by atoms with E-state index in [2.05, 4.69) is 5.32 Å². The van der Waals surface area contributed by atoms with E-state index in [0.29, 0.717) is 50.4 Å². The van der Waals surface area contributed by atoms with Gasteiger partial charge < -0.3 is 20.1 Å². The van der Waals surface area contributed by atoms with Crippen LogP contribution in [-0.4, -0.2) is 54.1 Å². The van der Waals surface area contributed by atoms with Gasteiger partial charge in [0.25, 0.3) is 5.91 Å². The molecule has 0 unspecified atom stereocenters. The molecule has 1 saturated heterocycles. The van der Waals surface area contributed by atoms with Gasteiger partial charge in [-0.3, -0.25) is 14.4 Å². The van der Waals surface area contributed by atoms with Gasteiger partial charge >= 0.3 is 5.97 Å². The van der Waals surface area contributed by atoms with Crippen LogP contribution in [0.5, 0.6) is 0 Å². The van der Waals surface area contributed by atoms with Gasteiger partial charge in [0.2, 0.25) is 5.91 Å². The highest BCUT2D eigenvalue weighted by molar-refractivity contribution is 5.98. The Balaban J connectivity index is 1.70. The lowest BCUT2D eigenvalue weighted by Crippen LogP contribution is -2.40. The second kappa shape index (κ2) is 8.14. The lowest BCUT2D eigenvalue weighted by atomic mass is 9.82. The zero-order valence-electron chi connectivity index (χ0n) is 14.4. The van der Waals surface area contributed by atoms with E-state index < -0.39 is 17.8 Å². The van der Waals surface area contributed by atoms with E-state index >= 15 is 0 Å². The monoisotopic (exact) mass is 358 g/mol. The number of carbonyl (C=O) groups excluding carboxylic acids is 2. The van der Waals surface area contributed by atoms with Crippen LogP contribution in [0.3, 0.4) is 0 Å². The molecule has 1 heterocycles. The molecule has 0 spiro atoms. The van der Waals surface area contributed by atoms with Crippen LogP contribution >= 0.6 is 0 Å². The molecular formula is C19H22N2O5. The van der Waals surface area contributed by atoms with Gasteiger partial charge in [-0.15, -0.1) is 0 Å². The van der Waals surface area contributed by atoms with Crippen molar-refractivity contribution in [1.82, 2.24) is 4.90 Å². The predicted molar refractivity (Wildman–Crippen MR) is 94.8 cm³/mol. The van der Waals surface area contributed by atoms with Gasteiger partial charge in [0.1, 0.15) is 0 Å². The molecule has 2 aliphatic rings. The van der Waals surface area contributed by atoms with E-state index in [9.17, 15) is 19.5 Å². The maximum atomic E-state index is 12.6. The van der Waals surface area contributed by atoms with Crippen LogP contribution in [0.4, 0.5) is 5.69 Å². The summed E-state index contributed by atoms with van der Waals surface area (Å²) >= 11 is 0. The van der Waals surface area contributed by atoms with Crippen LogP contribution in [0.1, 0.15) is 23.2 Å². The largest absolute Gasteiger partial charge is 0.481 e. The Morgan fingerprint density at radius 1 is 1.08 bits per heavy atom. The number of hydrogen-bond donors (Lipinski definition) is 2. The number of hydrogen-bond acceptors (Lipinski definition) is 4. The van der Waals surface area contributed by atoms with Crippen molar-refractivity contribution < 1.29 is 24.2 Å². The smallest absolute Gasteiger partial charge is 0.307 e. The zero-order chi connectivity index (χ0) is 18.5. The Labute approximate surface area is 151 Å². The molecule has 1 aliphatic heterocycles. The van der Waals surface area contributed by atoms with Crippen molar-refractivity contribution >= 4 is 23.5 Å². The van der Waals surface area contributed by atoms with Crippen molar-refractivity contribution in [1.29, 1.82) is 0 Å². The number of morpholine rings is 1. The fourth-order valence-corrected chi connectivity index (χ4v) is 3.29. The molecule has 1 aromatic rings. The summed E-state index contributed by atoms with van der Waals surface area (Å²) in [6, 6.07) is 6.74. The molecule has 0 saturated carbocycles. The van der Waals surface area contributed by atoms with E-state index in [1.165, 1.54) is 0 Å². The number of carbonyl (C=O) groups is 3. The highest BCUT2D eigenvalue weighted by Gasteiger charge is 2.34. The summed E-state index contributed by atoms with van der Waals surface area (Å²) in [7, 11) is 0. The van der Waals surface area contributed by atoms with Crippen molar-refractivity contribution in [3.63, 3.8) is 0 Å². The molecule has 3 rings (SSSR count). The van der Waals surface area contributed by atoms with Crippen molar-refractivity contribution in [2.24, 2.45) is 11.8 Å². The molecule has 2 amide bonds. The number of anilines is 1. The van der Waals surface area contributed by atoms with Gasteiger partial charge in [-0.25, -0.2) is 0 Å². The summed E-state index contributed by atoms with van der Waals surface area (Å²) < 4.78 is 5.25. The molecule has 2 atom stereocenters. The molecule has 26 heavy (non-hydrogen) atoms. The Morgan fingerprint density at radius 3 is 2.46 bits per heavy atom. The summed E-state index contributed by atoms with van der Waals surface area (Å²) in [4.78, 5) is 38.2. The number of aliphatic carboxylic acids is 1. The molecule has 0 aromatic heterocycles. The predicted octanol–water partition coefficient (Wildman–Crippen LogP) is 1.76. The molecule has 0 radical (unpaired) electrons. The van der Waals surface area contributed by atoms with Crippen LogP contribution in [0.25, 0.3) is 0 Å². The van der Waals surface area contributed by atoms with E-state index in [1.807, 2.05) is 6.08 Å². The topological polar surface area (TPSA) is 95.9 Å². The minimum absolute atomic E-state index is 0.103. The van der Waals surface area contributed by atoms with Crippen molar-refractivity contribution in [2.75, 3.05) is 31.6 Å². The standard InChI is InChI=1S/C19H22N2O5/c22-17(15-6-1-2-7-16(15)19(24)25)20-14-5-3-4-13(12-14)18(23)21-8-10-26-11-9-21/h1-5,12,15-16H,6-11H2,(H,20,22)(H,24,25)/t15-,16+/m0/s1. The van der Waals surface area contributed by atoms with E-state index in [4.69, 9.17) is 4.74 Å². The Hall–Kier alpha value is -2.67. The molecule has 1 fully saturated rings. The summed E-state index contributed by atoms with van der Waals surface area (Å²) in [5.74, 6) is -2.74. The molecule has 1 aliphatic carbocycles. The number of benzene rings is 1. The quantitative estimate of drug-likeness (QED) is 0.800. The number of nitrogens with one attached hydrogen (secondary N) is 1. The molecule has 2 N–H and O–H groups in total. The minimum atomic E-state index is -0.967. The van der Waals surface area contributed by atoms with Crippen molar-refractivity contribution in [3.05, 3.63) is 42.0 Å². The number of allylic oxidation sites excluding steroid dienone is 2. The summed E-state index contributed by atoms with van der Waals surface area (Å²) in [6.07, 6.45) is 4.38. The van der Waals surface area contributed by atoms with Gasteiger partial charge in [-0.1, -0.05) is 18.2 Å². The van der Waals surface area contributed by atoms with Crippen LogP contribution in [-0.2, 0) is 14.3 Å². The van der Waals surface area contributed by atoms with Crippen molar-refractivity contribution in [2.45, 2.75) is 12.8 Å². The van der Waals surface area contributed by atoms with E-state index in [0.717, 1.165) is 0 Å². The fourth-order valence-electron chi connectivity index (χ4n) is 3.29. The first-order valence-electron chi connectivity index (χ1n) is 8.72. The van der Waals surface area contributed by atoms with Crippen LogP contribution < -0.4 is 5.32 Å². The highest BCUT2D eigenvalue weighted by Crippen LogP contribution is 2.27. The van der Waals surface area contributed by atoms with Gasteiger partial charge in [0.05, 0.1) is 25.0 Å². The SMILES string of the molecule is O=C(Nc1cccc(C(=O)N2CCOCC2)c1)[C@H]1CC=CC[C@H]1C(=O)O. The molecule has 7 heteroatoms. The molecule has 7 nitrogen and oxygen atoms in total. The summed E-state index contributed by atoms with van der Waals surface area (Å²) in [6.45, 7) is 2.14. The molecule has 138 valence electrons. The van der Waals surface area contributed by atoms with Crippen LogP contribution in [0.15, 0.2) is 36.4 Å². The average Bonchev–Trinajstić information content (AvgIpc) is 2.68. The van der Waals surface area contributed by atoms with Gasteiger partial charge in [0, 0.05) is 24.3 Å². The fraction of sp³-hybridized carbons (Fsp3) is 0.421. The van der Waals surface area contributed by atoms with Crippen LogP contribution in [0, 0.1) is 11.8 Å². The highest BCUT2D eigenvalue weighted by atomic mass is 16.5. The van der Waals surface area contributed by atoms with Crippen LogP contribution in [0.2, 0.25) is 0 Å². The van der Waals surface area contributed by atoms with E-state index in [1.54, 1.807) is 35.2 Å². The lowest BCUT2D eigenvalue weighted by molar-refractivity contribution is -0.146. The molecular weight excluding hydrogens is 336 g/mol. The first-order chi connectivity index (χ1) is 12.6. The number of rotatable bonds is 4. The summed E-state index contributed by atoms with van der Waals surface area (Å²) in [5.41, 5.74) is 0.982. The second-order valence-electron chi connectivity index (χ2n) is 6.47. The number of carboxylic acid groups (broad SMARTS) is 1. The average molecular weight is 358 g/mol. The zero-order valence-corrected chi connectivity index (χ0v) is 14.4. The number of nitrogens with zero attached hydrogens (tertiary/aromatic N) is 1. The number of amides is 2. The Kier molecular flexibility index (Phi) is 5.68. The van der Waals surface area contributed by atoms with Gasteiger partial charge in [-0.05, 0) is 31.0 Å². The third-order valence-electron chi connectivity index (χ3n) is 4.76. The number of carboxylic acids is 1. The minimum Gasteiger partial charge on any atom is -0.481 e. The van der Waals surface area contributed by atoms with E-state index in [-0.39, 0.29) is 11.8 Å².